The van der Waals surface area contributed by atoms with Crippen molar-refractivity contribution in [3.63, 3.8) is 0 Å². The molecule has 0 saturated carbocycles. The summed E-state index contributed by atoms with van der Waals surface area (Å²) in [6.07, 6.45) is 0. The van der Waals surface area contributed by atoms with Gasteiger partial charge >= 0.3 is 10.2 Å². The zero-order valence-corrected chi connectivity index (χ0v) is 18.8. The monoisotopic (exact) mass is 513 g/mol. The fourth-order valence-electron chi connectivity index (χ4n) is 2.77. The summed E-state index contributed by atoms with van der Waals surface area (Å²) >= 11 is 0. The number of hydrogen-bond acceptors (Lipinski definition) is 5. The number of hydrogen-bond donors (Lipinski definition) is 5. The Bertz CT molecular complexity index is 1450. The average molecular weight is 514 g/mol. The van der Waals surface area contributed by atoms with Crippen molar-refractivity contribution < 1.29 is 30.0 Å². The quantitative estimate of drug-likeness (QED) is 0.169. The van der Waals surface area contributed by atoms with Crippen LogP contribution in [-0.4, -0.2) is 22.7 Å². The van der Waals surface area contributed by atoms with Gasteiger partial charge in [0.15, 0.2) is 11.6 Å². The number of benzene rings is 3. The molecule has 0 bridgehead atoms. The van der Waals surface area contributed by atoms with Gasteiger partial charge in [0.1, 0.15) is 11.7 Å². The minimum absolute atomic E-state index is 0.0105. The van der Waals surface area contributed by atoms with Crippen LogP contribution in [-0.2, 0) is 26.8 Å². The number of nitrogens with two attached hydrogens (primary N) is 1. The number of amidine groups is 1. The molecular formula is C20H18F3N5O4S2. The van der Waals surface area contributed by atoms with Gasteiger partial charge in [-0.05, 0) is 48.5 Å². The van der Waals surface area contributed by atoms with E-state index in [0.717, 1.165) is 24.3 Å². The zero-order chi connectivity index (χ0) is 25.1. The van der Waals surface area contributed by atoms with Gasteiger partial charge in [0.25, 0.3) is 0 Å². The average Bonchev–Trinajstić information content (AvgIpc) is 2.76. The Balaban J connectivity index is 1.70. The molecule has 0 aliphatic carbocycles. The number of nitrogens with one attached hydrogen (secondary N) is 4. The molecule has 6 N–H and O–H groups in total. The largest absolute Gasteiger partial charge is 0.384 e. The van der Waals surface area contributed by atoms with Gasteiger partial charge in [0.2, 0.25) is 10.0 Å². The third-order valence-corrected chi connectivity index (χ3v) is 6.85. The van der Waals surface area contributed by atoms with E-state index in [0.29, 0.717) is 17.7 Å². The third kappa shape index (κ3) is 6.03. The molecule has 0 atom stereocenters. The summed E-state index contributed by atoms with van der Waals surface area (Å²) in [5.41, 5.74) is 5.05. The zero-order valence-electron chi connectivity index (χ0n) is 17.1. The Morgan fingerprint density at radius 3 is 2.12 bits per heavy atom. The van der Waals surface area contributed by atoms with Crippen molar-refractivity contribution >= 4 is 37.4 Å². The van der Waals surface area contributed by atoms with Crippen molar-refractivity contribution in [3.8, 4) is 0 Å². The lowest BCUT2D eigenvalue weighted by molar-refractivity contribution is 0.477. The van der Waals surface area contributed by atoms with Crippen LogP contribution in [0.4, 0.5) is 24.5 Å². The van der Waals surface area contributed by atoms with Crippen LogP contribution in [0.15, 0.2) is 65.6 Å². The van der Waals surface area contributed by atoms with E-state index in [1.807, 2.05) is 4.72 Å². The molecule has 180 valence electrons. The molecule has 0 saturated heterocycles. The summed E-state index contributed by atoms with van der Waals surface area (Å²) in [6, 6.07) is 11.5. The lowest BCUT2D eigenvalue weighted by Gasteiger charge is -2.12. The van der Waals surface area contributed by atoms with Crippen LogP contribution in [0, 0.1) is 22.9 Å². The molecule has 3 aromatic rings. The van der Waals surface area contributed by atoms with Crippen molar-refractivity contribution in [2.24, 2.45) is 5.73 Å². The van der Waals surface area contributed by atoms with Gasteiger partial charge in [-0.2, -0.15) is 8.42 Å². The number of nitrogen functional groups attached to an aromatic ring is 1. The maximum absolute atomic E-state index is 13.7. The molecule has 0 spiro atoms. The fraction of sp³-hybridized carbons (Fsp3) is 0.0500. The van der Waals surface area contributed by atoms with Crippen LogP contribution >= 0.6 is 0 Å². The molecule has 0 heterocycles. The van der Waals surface area contributed by atoms with Crippen LogP contribution in [0.5, 0.6) is 0 Å². The molecular weight excluding hydrogens is 495 g/mol. The Kier molecular flexibility index (Phi) is 7.14. The predicted octanol–water partition coefficient (Wildman–Crippen LogP) is 2.64. The highest BCUT2D eigenvalue weighted by atomic mass is 32.2. The van der Waals surface area contributed by atoms with E-state index < -0.39 is 49.8 Å². The lowest BCUT2D eigenvalue weighted by Crippen LogP contribution is -2.25. The molecule has 34 heavy (non-hydrogen) atoms. The summed E-state index contributed by atoms with van der Waals surface area (Å²) in [5.74, 6) is -4.20. The van der Waals surface area contributed by atoms with Gasteiger partial charge in [0.05, 0.1) is 16.3 Å². The normalized spacial score (nSPS) is 11.7. The van der Waals surface area contributed by atoms with Crippen molar-refractivity contribution in [3.05, 3.63) is 89.2 Å². The van der Waals surface area contributed by atoms with Gasteiger partial charge in [-0.25, -0.2) is 26.3 Å². The van der Waals surface area contributed by atoms with Crippen molar-refractivity contribution in [1.29, 1.82) is 5.41 Å². The van der Waals surface area contributed by atoms with E-state index in [9.17, 15) is 30.0 Å². The number of sulfonamides is 1. The van der Waals surface area contributed by atoms with E-state index in [-0.39, 0.29) is 22.1 Å². The second kappa shape index (κ2) is 9.70. The molecule has 3 aromatic carbocycles. The fourth-order valence-corrected chi connectivity index (χ4v) is 4.70. The first-order valence-electron chi connectivity index (χ1n) is 9.35. The summed E-state index contributed by atoms with van der Waals surface area (Å²) < 4.78 is 96.6. The van der Waals surface area contributed by atoms with Crippen LogP contribution in [0.1, 0.15) is 11.1 Å². The minimum atomic E-state index is -4.26. The molecule has 0 fully saturated rings. The van der Waals surface area contributed by atoms with Crippen LogP contribution in [0.25, 0.3) is 0 Å². The van der Waals surface area contributed by atoms with Crippen molar-refractivity contribution in [2.75, 3.05) is 9.44 Å². The molecule has 0 aromatic heterocycles. The summed E-state index contributed by atoms with van der Waals surface area (Å²) in [7, 11) is -8.39. The maximum atomic E-state index is 13.7. The van der Waals surface area contributed by atoms with E-state index in [1.54, 1.807) is 0 Å². The first-order chi connectivity index (χ1) is 15.9. The van der Waals surface area contributed by atoms with Crippen LogP contribution in [0.3, 0.4) is 0 Å². The molecule has 14 heteroatoms. The van der Waals surface area contributed by atoms with Crippen molar-refractivity contribution in [2.45, 2.75) is 11.4 Å². The topological polar surface area (TPSA) is 154 Å². The van der Waals surface area contributed by atoms with Gasteiger partial charge in [-0.1, -0.05) is 12.1 Å². The Hall–Kier alpha value is -3.62. The summed E-state index contributed by atoms with van der Waals surface area (Å²) in [4.78, 5) is -0.324. The van der Waals surface area contributed by atoms with E-state index in [2.05, 4.69) is 9.44 Å². The second-order valence-electron chi connectivity index (χ2n) is 6.87. The highest BCUT2D eigenvalue weighted by Crippen LogP contribution is 2.19. The second-order valence-corrected chi connectivity index (χ2v) is 10.1. The van der Waals surface area contributed by atoms with Crippen LogP contribution in [0.2, 0.25) is 0 Å². The molecule has 0 radical (unpaired) electrons. The summed E-state index contributed by atoms with van der Waals surface area (Å²) in [6.45, 7) is -0.838. The SMILES string of the molecule is N=C(N)c1cccc(NS(=O)(=O)Nc2ccc(S(=O)(=O)NCc3c(F)ccc(F)c3F)cc2)c1. The molecule has 3 rings (SSSR count). The predicted molar refractivity (Wildman–Crippen MR) is 120 cm³/mol. The molecule has 9 nitrogen and oxygen atoms in total. The number of anilines is 2. The maximum Gasteiger partial charge on any atom is 0.321 e. The molecule has 0 aliphatic heterocycles. The standard InChI is InChI=1S/C20H18F3N5O4S2/c21-17-8-9-18(22)19(23)16(17)11-26-33(29,30)15-6-4-13(5-7-15)27-34(31,32)28-14-3-1-2-12(10-14)20(24)25/h1-10,26-28H,11H2,(H3,24,25). The van der Waals surface area contributed by atoms with Crippen LogP contribution < -0.4 is 19.9 Å². The highest BCUT2D eigenvalue weighted by molar-refractivity contribution is 7.94. The van der Waals surface area contributed by atoms with Gasteiger partial charge < -0.3 is 5.73 Å². The number of rotatable bonds is 9. The Morgan fingerprint density at radius 2 is 1.47 bits per heavy atom. The smallest absolute Gasteiger partial charge is 0.321 e. The van der Waals surface area contributed by atoms with Gasteiger partial charge in [-0.15, -0.1) is 0 Å². The Labute approximate surface area is 193 Å². The van der Waals surface area contributed by atoms with E-state index in [4.69, 9.17) is 11.1 Å². The minimum Gasteiger partial charge on any atom is -0.384 e. The van der Waals surface area contributed by atoms with Crippen molar-refractivity contribution in [1.82, 2.24) is 4.72 Å². The molecule has 0 unspecified atom stereocenters. The molecule has 0 amide bonds. The van der Waals surface area contributed by atoms with Gasteiger partial charge in [-0.3, -0.25) is 14.9 Å². The lowest BCUT2D eigenvalue weighted by atomic mass is 10.2. The summed E-state index contributed by atoms with van der Waals surface area (Å²) in [5, 5.41) is 7.40. The third-order valence-electron chi connectivity index (χ3n) is 4.42. The molecule has 0 aliphatic rings. The van der Waals surface area contributed by atoms with Gasteiger partial charge in [0, 0.05) is 17.7 Å². The first-order valence-corrected chi connectivity index (χ1v) is 12.3. The first kappa shape index (κ1) is 25.0. The van der Waals surface area contributed by atoms with E-state index in [1.165, 1.54) is 24.3 Å². The highest BCUT2D eigenvalue weighted by Gasteiger charge is 2.19. The Morgan fingerprint density at radius 1 is 0.853 bits per heavy atom. The number of halogens is 3. The van der Waals surface area contributed by atoms with E-state index >= 15 is 0 Å².